The Balaban J connectivity index is 1.77. The van der Waals surface area contributed by atoms with Gasteiger partial charge in [0.15, 0.2) is 0 Å². The molecule has 2 heterocycles. The van der Waals surface area contributed by atoms with Crippen molar-refractivity contribution in [3.05, 3.63) is 41.5 Å². The van der Waals surface area contributed by atoms with Gasteiger partial charge in [-0.05, 0) is 43.7 Å². The molecule has 16 heteroatoms. The van der Waals surface area contributed by atoms with E-state index in [9.17, 15) is 37.3 Å². The number of nitrogens with one attached hydrogen (secondary N) is 2. The molecule has 4 N–H and O–H groups in total. The maximum absolute atomic E-state index is 14.0. The molecular weight excluding hydrogens is 627 g/mol. The zero-order chi connectivity index (χ0) is 34.4. The van der Waals surface area contributed by atoms with Crippen molar-refractivity contribution in [2.75, 3.05) is 33.2 Å². The Morgan fingerprint density at radius 3 is 2.35 bits per heavy atom. The smallest absolute Gasteiger partial charge is 0.356 e. The van der Waals surface area contributed by atoms with Crippen molar-refractivity contribution in [2.24, 2.45) is 0 Å². The molecule has 2 saturated heterocycles. The molecule has 2 aliphatic rings. The number of hydrogen-bond donors (Lipinski definition) is 4. The lowest BCUT2D eigenvalue weighted by molar-refractivity contribution is -0.149. The monoisotopic (exact) mass is 669 g/mol. The van der Waals surface area contributed by atoms with Gasteiger partial charge in [0.1, 0.15) is 12.1 Å². The Morgan fingerprint density at radius 2 is 1.76 bits per heavy atom. The summed E-state index contributed by atoms with van der Waals surface area (Å²) >= 11 is 0. The van der Waals surface area contributed by atoms with Crippen LogP contribution < -0.4 is 10.6 Å². The van der Waals surface area contributed by atoms with Crippen LogP contribution >= 0.6 is 7.60 Å². The van der Waals surface area contributed by atoms with E-state index >= 15 is 0 Å². The summed E-state index contributed by atoms with van der Waals surface area (Å²) in [4.78, 5) is 86.8. The van der Waals surface area contributed by atoms with Crippen LogP contribution in [-0.4, -0.2) is 105 Å². The number of alkyl halides is 2. The molecule has 3 rings (SSSR count). The third-order valence-electron chi connectivity index (χ3n) is 8.33. The van der Waals surface area contributed by atoms with E-state index in [0.29, 0.717) is 62.9 Å². The van der Waals surface area contributed by atoms with E-state index in [-0.39, 0.29) is 30.3 Å². The molecule has 1 aromatic carbocycles. The van der Waals surface area contributed by atoms with E-state index in [0.717, 1.165) is 18.2 Å². The maximum atomic E-state index is 14.0. The fraction of sp³-hybridized carbons (Fsp3) is 0.567. The number of carbonyl (C=O) groups excluding carboxylic acids is 5. The van der Waals surface area contributed by atoms with Crippen LogP contribution in [0.1, 0.15) is 64.0 Å². The molecule has 2 fully saturated rings. The van der Waals surface area contributed by atoms with Gasteiger partial charge in [-0.1, -0.05) is 31.2 Å². The summed E-state index contributed by atoms with van der Waals surface area (Å²) in [6.07, 6.45) is 3.48. The van der Waals surface area contributed by atoms with Crippen molar-refractivity contribution in [3.8, 4) is 0 Å². The number of amides is 5. The quantitative estimate of drug-likeness (QED) is 0.157. The number of rotatable bonds is 11. The molecule has 5 amide bonds. The second kappa shape index (κ2) is 15.3. The van der Waals surface area contributed by atoms with Crippen molar-refractivity contribution in [1.82, 2.24) is 25.3 Å². The summed E-state index contributed by atoms with van der Waals surface area (Å²) in [6.45, 7) is 5.62. The number of hydrogen-bond acceptors (Lipinski definition) is 6. The molecule has 3 atom stereocenters. The first-order valence-corrected chi connectivity index (χ1v) is 16.7. The molecule has 0 aliphatic carbocycles. The Morgan fingerprint density at radius 1 is 1.11 bits per heavy atom. The maximum Gasteiger partial charge on any atom is 0.399 e. The average molecular weight is 670 g/mol. The standard InChI is InChI=1S/C30H42F2N5O8P/c1-5-26(39)33-14-6-15-35(4)29(42)25-12-11-23-13-16-36(20(3)38)18-24(28(41)37(23)25)34-27(40)17-19(2)21-7-9-22(10-8-21)30(31,32)46(43,44)45/h7-10,17,23-25H,5-6,11-16,18H2,1-4H3,(H,33,39)(H,34,40)(H2,43,44,45)/b19-17+/t23-,24+,25+/m1/s1. The van der Waals surface area contributed by atoms with Crippen LogP contribution in [0.3, 0.4) is 0 Å². The zero-order valence-electron chi connectivity index (χ0n) is 26.4. The molecule has 0 aromatic heterocycles. The molecular formula is C30H42F2N5O8P. The van der Waals surface area contributed by atoms with Crippen LogP contribution in [-0.2, 0) is 34.2 Å². The summed E-state index contributed by atoms with van der Waals surface area (Å²) in [5, 5.41) is 5.41. The second-order valence-electron chi connectivity index (χ2n) is 11.6. The third-order valence-corrected chi connectivity index (χ3v) is 9.32. The number of fused-ring (bicyclic) bond motifs is 1. The number of carbonyl (C=O) groups is 5. The Hall–Kier alpha value is -3.68. The zero-order valence-corrected chi connectivity index (χ0v) is 27.3. The predicted molar refractivity (Wildman–Crippen MR) is 164 cm³/mol. The summed E-state index contributed by atoms with van der Waals surface area (Å²) < 4.78 is 39.2. The second-order valence-corrected chi connectivity index (χ2v) is 13.3. The van der Waals surface area contributed by atoms with Gasteiger partial charge in [0.2, 0.25) is 29.5 Å². The van der Waals surface area contributed by atoms with E-state index in [4.69, 9.17) is 9.79 Å². The van der Waals surface area contributed by atoms with Gasteiger partial charge >= 0.3 is 13.3 Å². The predicted octanol–water partition coefficient (Wildman–Crippen LogP) is 1.79. The van der Waals surface area contributed by atoms with Crippen molar-refractivity contribution in [2.45, 2.75) is 76.7 Å². The molecule has 0 unspecified atom stereocenters. The summed E-state index contributed by atoms with van der Waals surface area (Å²) in [5.41, 5.74) is -4.63. The van der Waals surface area contributed by atoms with Crippen LogP contribution in [0.5, 0.6) is 0 Å². The van der Waals surface area contributed by atoms with E-state index in [1.54, 1.807) is 14.0 Å². The third kappa shape index (κ3) is 8.77. The van der Waals surface area contributed by atoms with Crippen LogP contribution in [0.15, 0.2) is 30.3 Å². The van der Waals surface area contributed by atoms with Gasteiger partial charge in [0.25, 0.3) is 0 Å². The number of halogens is 2. The highest BCUT2D eigenvalue weighted by molar-refractivity contribution is 7.52. The first kappa shape index (κ1) is 36.8. The fourth-order valence-electron chi connectivity index (χ4n) is 5.64. The minimum absolute atomic E-state index is 0.0858. The highest BCUT2D eigenvalue weighted by atomic mass is 31.2. The van der Waals surface area contributed by atoms with Crippen molar-refractivity contribution >= 4 is 42.7 Å². The Bertz CT molecular complexity index is 1400. The van der Waals surface area contributed by atoms with Crippen molar-refractivity contribution in [1.29, 1.82) is 0 Å². The molecule has 2 aliphatic heterocycles. The largest absolute Gasteiger partial charge is 0.399 e. The molecule has 254 valence electrons. The van der Waals surface area contributed by atoms with Gasteiger partial charge in [-0.3, -0.25) is 28.5 Å². The van der Waals surface area contributed by atoms with E-state index in [2.05, 4.69) is 10.6 Å². The topological polar surface area (TPSA) is 177 Å². The fourth-order valence-corrected chi connectivity index (χ4v) is 6.12. The number of nitrogens with zero attached hydrogens (tertiary/aromatic N) is 3. The summed E-state index contributed by atoms with van der Waals surface area (Å²) in [6, 6.07) is 1.85. The first-order chi connectivity index (χ1) is 21.5. The SMILES string of the molecule is CCC(=O)NCCCN(C)C(=O)[C@@H]1CC[C@@H]2CCN(C(C)=O)C[C@H](NC(=O)/C=C(\C)c3ccc(C(F)(F)P(=O)(O)O)cc3)C(=O)N21. The Kier molecular flexibility index (Phi) is 12.2. The molecule has 0 radical (unpaired) electrons. The molecule has 46 heavy (non-hydrogen) atoms. The number of likely N-dealkylation sites (N-methyl/N-ethyl adjacent to an activating group) is 1. The summed E-state index contributed by atoms with van der Waals surface area (Å²) in [5.74, 6) is -1.82. The highest BCUT2D eigenvalue weighted by Gasteiger charge is 2.50. The van der Waals surface area contributed by atoms with Gasteiger partial charge in [0, 0.05) is 64.3 Å². The van der Waals surface area contributed by atoms with Gasteiger partial charge in [-0.15, -0.1) is 0 Å². The number of allylic oxidation sites excluding steroid dienone is 1. The first-order valence-electron chi connectivity index (χ1n) is 15.1. The van der Waals surface area contributed by atoms with Crippen LogP contribution in [0, 0.1) is 0 Å². The van der Waals surface area contributed by atoms with Crippen molar-refractivity contribution in [3.63, 3.8) is 0 Å². The minimum Gasteiger partial charge on any atom is -0.356 e. The molecule has 13 nitrogen and oxygen atoms in total. The van der Waals surface area contributed by atoms with Crippen molar-refractivity contribution < 1.29 is 47.1 Å². The Labute approximate surface area is 266 Å². The highest BCUT2D eigenvalue weighted by Crippen LogP contribution is 2.59. The lowest BCUT2D eigenvalue weighted by Crippen LogP contribution is -2.61. The molecule has 0 saturated carbocycles. The molecule has 0 bridgehead atoms. The van der Waals surface area contributed by atoms with E-state index < -0.39 is 42.7 Å². The van der Waals surface area contributed by atoms with Gasteiger partial charge < -0.3 is 35.1 Å². The lowest BCUT2D eigenvalue weighted by Gasteiger charge is -2.39. The normalized spacial score (nSPS) is 20.8. The van der Waals surface area contributed by atoms with E-state index in [1.165, 1.54) is 40.7 Å². The van der Waals surface area contributed by atoms with E-state index in [1.807, 2.05) is 0 Å². The van der Waals surface area contributed by atoms with Crippen LogP contribution in [0.2, 0.25) is 0 Å². The average Bonchev–Trinajstić information content (AvgIpc) is 3.41. The number of benzene rings is 1. The van der Waals surface area contributed by atoms with Crippen LogP contribution in [0.25, 0.3) is 5.57 Å². The van der Waals surface area contributed by atoms with Gasteiger partial charge in [0.05, 0.1) is 0 Å². The van der Waals surface area contributed by atoms with Crippen LogP contribution in [0.4, 0.5) is 8.78 Å². The lowest BCUT2D eigenvalue weighted by atomic mass is 10.0. The van der Waals surface area contributed by atoms with Gasteiger partial charge in [-0.25, -0.2) is 0 Å². The molecule has 0 spiro atoms. The summed E-state index contributed by atoms with van der Waals surface area (Å²) in [7, 11) is -4.11. The minimum atomic E-state index is -5.75. The molecule has 1 aromatic rings. The van der Waals surface area contributed by atoms with Gasteiger partial charge in [-0.2, -0.15) is 8.78 Å².